The van der Waals surface area contributed by atoms with Crippen molar-refractivity contribution in [2.24, 2.45) is 17.8 Å². The number of likely N-dealkylation sites (N-methyl/N-ethyl adjacent to an activating group) is 1. The van der Waals surface area contributed by atoms with Crippen LogP contribution in [0.5, 0.6) is 0 Å². The van der Waals surface area contributed by atoms with Gasteiger partial charge in [-0.3, -0.25) is 0 Å². The molecule has 2 fully saturated rings. The van der Waals surface area contributed by atoms with Crippen LogP contribution >= 0.6 is 0 Å². The molecule has 0 aromatic heterocycles. The summed E-state index contributed by atoms with van der Waals surface area (Å²) in [6.45, 7) is 5.21. The van der Waals surface area contributed by atoms with Crippen LogP contribution in [0.2, 0.25) is 0 Å². The molecule has 0 unspecified atom stereocenters. The van der Waals surface area contributed by atoms with E-state index < -0.39 is 0 Å². The minimum absolute atomic E-state index is 0.216. The van der Waals surface area contributed by atoms with E-state index in [1.54, 1.807) is 5.57 Å². The van der Waals surface area contributed by atoms with Crippen molar-refractivity contribution in [2.75, 3.05) is 33.7 Å². The molecule has 2 saturated carbocycles. The van der Waals surface area contributed by atoms with Crippen LogP contribution in [0, 0.1) is 17.8 Å². The maximum Gasteiger partial charge on any atom is 0.0721 e. The molecule has 4 nitrogen and oxygen atoms in total. The van der Waals surface area contributed by atoms with E-state index in [0.29, 0.717) is 11.8 Å². The number of aliphatic hydroxyl groups is 2. The van der Waals surface area contributed by atoms with Crippen LogP contribution in [0.1, 0.15) is 51.9 Å². The van der Waals surface area contributed by atoms with E-state index in [2.05, 4.69) is 43.4 Å². The van der Waals surface area contributed by atoms with Gasteiger partial charge in [-0.25, -0.2) is 0 Å². The molecule has 0 aromatic rings. The number of unbranched alkanes of at least 4 members (excludes halogenated alkanes) is 2. The second-order valence-corrected chi connectivity index (χ2v) is 8.53. The van der Waals surface area contributed by atoms with Crippen molar-refractivity contribution >= 4 is 0 Å². The molecule has 0 aromatic carbocycles. The molecule has 0 saturated heterocycles. The van der Waals surface area contributed by atoms with E-state index in [-0.39, 0.29) is 18.1 Å². The Hall–Kier alpha value is -0.680. The van der Waals surface area contributed by atoms with Crippen LogP contribution in [0.4, 0.5) is 0 Å². The largest absolute Gasteiger partial charge is 0.392 e. The third kappa shape index (κ3) is 6.80. The lowest BCUT2D eigenvalue weighted by molar-refractivity contribution is 0.139. The summed E-state index contributed by atoms with van der Waals surface area (Å²) in [6, 6.07) is 0. The van der Waals surface area contributed by atoms with Crippen molar-refractivity contribution in [3.8, 4) is 0 Å². The Morgan fingerprint density at radius 3 is 2.81 bits per heavy atom. The second-order valence-electron chi connectivity index (χ2n) is 8.53. The van der Waals surface area contributed by atoms with Crippen molar-refractivity contribution in [1.82, 2.24) is 10.2 Å². The minimum Gasteiger partial charge on any atom is -0.392 e. The van der Waals surface area contributed by atoms with Crippen molar-refractivity contribution in [3.05, 3.63) is 23.8 Å². The highest BCUT2D eigenvalue weighted by atomic mass is 16.3. The third-order valence-corrected chi connectivity index (χ3v) is 6.04. The monoisotopic (exact) mass is 364 g/mol. The van der Waals surface area contributed by atoms with Gasteiger partial charge in [-0.1, -0.05) is 50.0 Å². The Morgan fingerprint density at radius 1 is 1.27 bits per heavy atom. The van der Waals surface area contributed by atoms with Crippen LogP contribution < -0.4 is 5.32 Å². The number of nitrogens with one attached hydrogen (secondary N) is 1. The number of rotatable bonds is 11. The molecule has 0 aliphatic heterocycles. The van der Waals surface area contributed by atoms with E-state index in [1.807, 2.05) is 6.08 Å². The second kappa shape index (κ2) is 11.2. The summed E-state index contributed by atoms with van der Waals surface area (Å²) < 4.78 is 0. The molecular weight excluding hydrogens is 324 g/mol. The number of nitrogens with zero attached hydrogens (tertiary/aromatic N) is 1. The van der Waals surface area contributed by atoms with Crippen LogP contribution in [-0.2, 0) is 0 Å². The van der Waals surface area contributed by atoms with Gasteiger partial charge in [0.2, 0.25) is 0 Å². The Kier molecular flexibility index (Phi) is 9.34. The maximum atomic E-state index is 10.4. The summed E-state index contributed by atoms with van der Waals surface area (Å²) in [4.78, 5) is 2.19. The van der Waals surface area contributed by atoms with E-state index in [4.69, 9.17) is 0 Å². The Morgan fingerprint density at radius 2 is 2.08 bits per heavy atom. The number of allylic oxidation sites excluding steroid dienone is 1. The zero-order valence-electron chi connectivity index (χ0n) is 17.0. The first-order valence-corrected chi connectivity index (χ1v) is 10.6. The number of aliphatic hydroxyl groups excluding tert-OH is 2. The van der Waals surface area contributed by atoms with E-state index in [0.717, 1.165) is 51.7 Å². The third-order valence-electron chi connectivity index (χ3n) is 6.04. The Balaban J connectivity index is 1.78. The molecule has 0 bridgehead atoms. The van der Waals surface area contributed by atoms with Crippen LogP contribution in [-0.4, -0.2) is 61.1 Å². The van der Waals surface area contributed by atoms with Gasteiger partial charge < -0.3 is 20.4 Å². The highest BCUT2D eigenvalue weighted by molar-refractivity contribution is 5.18. The molecule has 2 aliphatic rings. The first-order valence-electron chi connectivity index (χ1n) is 10.6. The first kappa shape index (κ1) is 21.6. The van der Waals surface area contributed by atoms with Gasteiger partial charge >= 0.3 is 0 Å². The maximum absolute atomic E-state index is 10.4. The SMILES string of the molecule is CCCCC[C@H](O)C=C[C@@H]1[C@H]2CC(=CCNCCN(C)C)C[C@H]2C[C@H]1O. The fourth-order valence-corrected chi connectivity index (χ4v) is 4.52. The lowest BCUT2D eigenvalue weighted by Gasteiger charge is -2.18. The Labute approximate surface area is 160 Å². The summed E-state index contributed by atoms with van der Waals surface area (Å²) in [7, 11) is 4.19. The lowest BCUT2D eigenvalue weighted by Crippen LogP contribution is -2.26. The van der Waals surface area contributed by atoms with Gasteiger partial charge in [0, 0.05) is 25.6 Å². The quantitative estimate of drug-likeness (QED) is 0.390. The van der Waals surface area contributed by atoms with Crippen LogP contribution in [0.3, 0.4) is 0 Å². The van der Waals surface area contributed by atoms with Crippen molar-refractivity contribution < 1.29 is 10.2 Å². The lowest BCUT2D eigenvalue weighted by atomic mass is 9.90. The van der Waals surface area contributed by atoms with Gasteiger partial charge in [0.25, 0.3) is 0 Å². The summed E-state index contributed by atoms with van der Waals surface area (Å²) in [6.07, 6.45) is 13.3. The Bertz CT molecular complexity index is 461. The molecule has 2 rings (SSSR count). The number of fused-ring (bicyclic) bond motifs is 1. The molecule has 0 amide bonds. The molecule has 150 valence electrons. The molecule has 0 spiro atoms. The molecule has 2 aliphatic carbocycles. The van der Waals surface area contributed by atoms with Crippen molar-refractivity contribution in [3.63, 3.8) is 0 Å². The zero-order valence-corrected chi connectivity index (χ0v) is 17.0. The zero-order chi connectivity index (χ0) is 18.9. The summed E-state index contributed by atoms with van der Waals surface area (Å²) in [5, 5.41) is 24.0. The highest BCUT2D eigenvalue weighted by Gasteiger charge is 2.44. The molecule has 5 atom stereocenters. The van der Waals surface area contributed by atoms with Crippen molar-refractivity contribution in [1.29, 1.82) is 0 Å². The van der Waals surface area contributed by atoms with Gasteiger partial charge in [-0.15, -0.1) is 0 Å². The molecular formula is C22H40N2O2. The van der Waals surface area contributed by atoms with Crippen molar-refractivity contribution in [2.45, 2.75) is 64.1 Å². The molecule has 0 heterocycles. The fraction of sp³-hybridized carbons (Fsp3) is 0.818. The van der Waals surface area contributed by atoms with Gasteiger partial charge in [0.15, 0.2) is 0 Å². The number of hydrogen-bond acceptors (Lipinski definition) is 4. The average molecular weight is 365 g/mol. The highest BCUT2D eigenvalue weighted by Crippen LogP contribution is 2.50. The molecule has 4 heteroatoms. The number of hydrogen-bond donors (Lipinski definition) is 3. The van der Waals surface area contributed by atoms with Gasteiger partial charge in [-0.05, 0) is 51.6 Å². The topological polar surface area (TPSA) is 55.7 Å². The molecule has 26 heavy (non-hydrogen) atoms. The summed E-state index contributed by atoms with van der Waals surface area (Å²) in [5.74, 6) is 1.38. The predicted molar refractivity (Wildman–Crippen MR) is 109 cm³/mol. The van der Waals surface area contributed by atoms with E-state index in [1.165, 1.54) is 12.8 Å². The van der Waals surface area contributed by atoms with Gasteiger partial charge in [0.05, 0.1) is 12.2 Å². The summed E-state index contributed by atoms with van der Waals surface area (Å²) in [5.41, 5.74) is 1.55. The predicted octanol–water partition coefficient (Wildman–Crippen LogP) is 2.97. The van der Waals surface area contributed by atoms with Crippen LogP contribution in [0.25, 0.3) is 0 Å². The fourth-order valence-electron chi connectivity index (χ4n) is 4.52. The normalized spacial score (nSPS) is 31.4. The smallest absolute Gasteiger partial charge is 0.0721 e. The molecule has 0 radical (unpaired) electrons. The summed E-state index contributed by atoms with van der Waals surface area (Å²) >= 11 is 0. The standard InChI is InChI=1S/C22H40N2O2/c1-4-5-6-7-19(25)8-9-20-21-15-17(14-18(21)16-22(20)26)10-11-23-12-13-24(2)3/h8-10,18-23,25-26H,4-7,11-16H2,1-3H3/t18-,19-,20+,21-,22+/m0/s1. The van der Waals surface area contributed by atoms with E-state index >= 15 is 0 Å². The molecule has 3 N–H and O–H groups in total. The van der Waals surface area contributed by atoms with Gasteiger partial charge in [0.1, 0.15) is 0 Å². The minimum atomic E-state index is -0.356. The van der Waals surface area contributed by atoms with Crippen LogP contribution in [0.15, 0.2) is 23.8 Å². The van der Waals surface area contributed by atoms with E-state index in [9.17, 15) is 10.2 Å². The first-order chi connectivity index (χ1) is 12.5. The average Bonchev–Trinajstić information content (AvgIpc) is 3.09. The van der Waals surface area contributed by atoms with Gasteiger partial charge in [-0.2, -0.15) is 0 Å².